The van der Waals surface area contributed by atoms with Gasteiger partial charge in [-0.3, -0.25) is 9.59 Å². The molecule has 0 aliphatic carbocycles. The summed E-state index contributed by atoms with van der Waals surface area (Å²) in [7, 11) is 0. The Hall–Kier alpha value is -2.94. The lowest BCUT2D eigenvalue weighted by molar-refractivity contribution is -0.144. The molecule has 2 atom stereocenters. The monoisotopic (exact) mass is 479 g/mol. The fourth-order valence-corrected chi connectivity index (χ4v) is 4.32. The van der Waals surface area contributed by atoms with E-state index in [0.717, 1.165) is 12.5 Å². The summed E-state index contributed by atoms with van der Waals surface area (Å²) in [5, 5.41) is 0. The van der Waals surface area contributed by atoms with Gasteiger partial charge in [-0.05, 0) is 42.5 Å². The molecule has 34 heavy (non-hydrogen) atoms. The summed E-state index contributed by atoms with van der Waals surface area (Å²) in [6.45, 7) is 3.25. The van der Waals surface area contributed by atoms with Gasteiger partial charge in [-0.25, -0.2) is 17.6 Å². The SMILES string of the molecule is CCCN1CCCN(C(=O)C[C@H](N)Cc2cc(F)c(F)cc2F)C(Cc2ccccc2F)C1=O. The van der Waals surface area contributed by atoms with E-state index in [0.29, 0.717) is 31.1 Å². The normalized spacial score (nSPS) is 17.6. The van der Waals surface area contributed by atoms with Crippen molar-refractivity contribution in [2.24, 2.45) is 5.73 Å². The molecule has 1 unspecified atom stereocenters. The van der Waals surface area contributed by atoms with E-state index < -0.39 is 41.3 Å². The molecule has 1 fully saturated rings. The molecule has 9 heteroatoms. The maximum absolute atomic E-state index is 14.4. The molecule has 184 valence electrons. The van der Waals surface area contributed by atoms with Crippen molar-refractivity contribution in [1.29, 1.82) is 0 Å². The van der Waals surface area contributed by atoms with Crippen LogP contribution in [0, 0.1) is 23.3 Å². The number of rotatable bonds is 8. The van der Waals surface area contributed by atoms with Gasteiger partial charge in [-0.1, -0.05) is 25.1 Å². The second-order valence-electron chi connectivity index (χ2n) is 8.60. The predicted octanol–water partition coefficient (Wildman–Crippen LogP) is 3.59. The summed E-state index contributed by atoms with van der Waals surface area (Å²) in [6, 6.07) is 5.50. The van der Waals surface area contributed by atoms with Crippen LogP contribution in [0.25, 0.3) is 0 Å². The quantitative estimate of drug-likeness (QED) is 0.465. The van der Waals surface area contributed by atoms with Crippen molar-refractivity contribution < 1.29 is 27.2 Å². The van der Waals surface area contributed by atoms with Crippen molar-refractivity contribution in [2.75, 3.05) is 19.6 Å². The van der Waals surface area contributed by atoms with Gasteiger partial charge in [0.15, 0.2) is 11.6 Å². The highest BCUT2D eigenvalue weighted by atomic mass is 19.2. The Balaban J connectivity index is 1.79. The molecule has 0 saturated carbocycles. The van der Waals surface area contributed by atoms with Crippen LogP contribution in [0.15, 0.2) is 36.4 Å². The largest absolute Gasteiger partial charge is 0.341 e. The zero-order valence-corrected chi connectivity index (χ0v) is 19.1. The minimum absolute atomic E-state index is 0.0184. The first kappa shape index (κ1) is 25.7. The summed E-state index contributed by atoms with van der Waals surface area (Å²) < 4.78 is 55.1. The van der Waals surface area contributed by atoms with Crippen LogP contribution in [0.3, 0.4) is 0 Å². The van der Waals surface area contributed by atoms with Crippen LogP contribution in [0.4, 0.5) is 17.6 Å². The van der Waals surface area contributed by atoms with E-state index in [9.17, 15) is 27.2 Å². The highest BCUT2D eigenvalue weighted by Gasteiger charge is 2.36. The fraction of sp³-hybridized carbons (Fsp3) is 0.440. The molecule has 0 radical (unpaired) electrons. The standard InChI is InChI=1S/C25H29F4N3O2/c1-2-8-31-9-5-10-32(23(25(31)34)13-16-6-3-4-7-19(16)26)24(33)14-18(30)11-17-12-21(28)22(29)15-20(17)27/h3-4,6-7,12,15,18,23H,2,5,8-11,13-14,30H2,1H3/t18-,23?/m1/s1. The Morgan fingerprint density at radius 1 is 1.03 bits per heavy atom. The molecule has 2 N–H and O–H groups in total. The number of carbonyl (C=O) groups excluding carboxylic acids is 2. The first-order valence-corrected chi connectivity index (χ1v) is 11.4. The maximum Gasteiger partial charge on any atom is 0.245 e. The van der Waals surface area contributed by atoms with E-state index in [2.05, 4.69) is 0 Å². The van der Waals surface area contributed by atoms with Crippen molar-refractivity contribution in [3.8, 4) is 0 Å². The summed E-state index contributed by atoms with van der Waals surface area (Å²) in [5.74, 6) is -4.59. The molecule has 1 saturated heterocycles. The van der Waals surface area contributed by atoms with Gasteiger partial charge in [-0.15, -0.1) is 0 Å². The highest BCUT2D eigenvalue weighted by molar-refractivity contribution is 5.88. The van der Waals surface area contributed by atoms with Gasteiger partial charge in [0, 0.05) is 44.6 Å². The van der Waals surface area contributed by atoms with Crippen LogP contribution in [0.1, 0.15) is 37.3 Å². The second kappa shape index (κ2) is 11.5. The van der Waals surface area contributed by atoms with Gasteiger partial charge >= 0.3 is 0 Å². The number of halogens is 4. The first-order valence-electron chi connectivity index (χ1n) is 11.4. The molecule has 2 aromatic carbocycles. The summed E-state index contributed by atoms with van der Waals surface area (Å²) in [6.07, 6.45) is 0.906. The highest BCUT2D eigenvalue weighted by Crippen LogP contribution is 2.21. The summed E-state index contributed by atoms with van der Waals surface area (Å²) in [5.41, 5.74) is 6.24. The van der Waals surface area contributed by atoms with Crippen LogP contribution >= 0.6 is 0 Å². The van der Waals surface area contributed by atoms with Gasteiger partial charge < -0.3 is 15.5 Å². The lowest BCUT2D eigenvalue weighted by Gasteiger charge is -2.32. The summed E-state index contributed by atoms with van der Waals surface area (Å²) >= 11 is 0. The average Bonchev–Trinajstić information content (AvgIpc) is 2.93. The van der Waals surface area contributed by atoms with Crippen LogP contribution in [0.5, 0.6) is 0 Å². The second-order valence-corrected chi connectivity index (χ2v) is 8.60. The zero-order valence-electron chi connectivity index (χ0n) is 19.1. The van der Waals surface area contributed by atoms with E-state index >= 15 is 0 Å². The lowest BCUT2D eigenvalue weighted by Crippen LogP contribution is -2.50. The van der Waals surface area contributed by atoms with Gasteiger partial charge in [0.25, 0.3) is 0 Å². The third-order valence-electron chi connectivity index (χ3n) is 5.99. The Morgan fingerprint density at radius 2 is 1.74 bits per heavy atom. The van der Waals surface area contributed by atoms with E-state index in [4.69, 9.17) is 5.73 Å². The minimum atomic E-state index is -1.30. The third-order valence-corrected chi connectivity index (χ3v) is 5.99. The molecule has 2 amide bonds. The predicted molar refractivity (Wildman–Crippen MR) is 120 cm³/mol. The minimum Gasteiger partial charge on any atom is -0.341 e. The first-order chi connectivity index (χ1) is 16.2. The number of carbonyl (C=O) groups is 2. The van der Waals surface area contributed by atoms with Crippen LogP contribution in [-0.4, -0.2) is 53.3 Å². The molecular formula is C25H29F4N3O2. The Bertz CT molecular complexity index is 1030. The topological polar surface area (TPSA) is 66.6 Å². The van der Waals surface area contributed by atoms with Gasteiger partial charge in [-0.2, -0.15) is 0 Å². The van der Waals surface area contributed by atoms with Crippen LogP contribution < -0.4 is 5.73 Å². The van der Waals surface area contributed by atoms with E-state index in [1.807, 2.05) is 6.92 Å². The van der Waals surface area contributed by atoms with Crippen molar-refractivity contribution in [3.05, 3.63) is 70.8 Å². The van der Waals surface area contributed by atoms with Crippen LogP contribution in [-0.2, 0) is 22.4 Å². The van der Waals surface area contributed by atoms with Gasteiger partial charge in [0.2, 0.25) is 11.8 Å². The van der Waals surface area contributed by atoms with Gasteiger partial charge in [0.1, 0.15) is 17.7 Å². The van der Waals surface area contributed by atoms with Crippen molar-refractivity contribution in [1.82, 2.24) is 9.80 Å². The summed E-state index contributed by atoms with van der Waals surface area (Å²) in [4.78, 5) is 29.6. The van der Waals surface area contributed by atoms with E-state index in [1.54, 1.807) is 23.1 Å². The zero-order chi connectivity index (χ0) is 24.8. The van der Waals surface area contributed by atoms with Crippen molar-refractivity contribution in [3.63, 3.8) is 0 Å². The fourth-order valence-electron chi connectivity index (χ4n) is 4.32. The number of amides is 2. The maximum atomic E-state index is 14.4. The molecule has 2 aromatic rings. The van der Waals surface area contributed by atoms with Crippen LogP contribution in [0.2, 0.25) is 0 Å². The number of hydrogen-bond donors (Lipinski definition) is 1. The Labute approximate surface area is 196 Å². The van der Waals surface area contributed by atoms with E-state index in [-0.39, 0.29) is 37.3 Å². The van der Waals surface area contributed by atoms with Crippen molar-refractivity contribution in [2.45, 2.75) is 51.1 Å². The molecule has 0 bridgehead atoms. The number of benzene rings is 2. The third kappa shape index (κ3) is 6.14. The molecule has 3 rings (SSSR count). The smallest absolute Gasteiger partial charge is 0.245 e. The molecule has 0 spiro atoms. The number of nitrogens with zero attached hydrogens (tertiary/aromatic N) is 2. The lowest BCUT2D eigenvalue weighted by atomic mass is 10.00. The molecule has 1 aliphatic heterocycles. The molecule has 0 aromatic heterocycles. The van der Waals surface area contributed by atoms with Gasteiger partial charge in [0.05, 0.1) is 0 Å². The Morgan fingerprint density at radius 3 is 2.44 bits per heavy atom. The molecule has 1 heterocycles. The van der Waals surface area contributed by atoms with Crippen molar-refractivity contribution >= 4 is 11.8 Å². The molecule has 1 aliphatic rings. The molecule has 5 nitrogen and oxygen atoms in total. The van der Waals surface area contributed by atoms with E-state index in [1.165, 1.54) is 11.0 Å². The Kier molecular flexibility index (Phi) is 8.66. The average molecular weight is 480 g/mol. The molecular weight excluding hydrogens is 450 g/mol. The number of nitrogens with two attached hydrogens (primary N) is 1. The number of hydrogen-bond acceptors (Lipinski definition) is 3.